The maximum Gasteiger partial charge on any atom is 0.155 e. The second kappa shape index (κ2) is 5.04. The number of hydrogen-bond acceptors (Lipinski definition) is 2. The van der Waals surface area contributed by atoms with Gasteiger partial charge in [-0.15, -0.1) is 0 Å². The summed E-state index contributed by atoms with van der Waals surface area (Å²) in [5, 5.41) is 0. The number of ketones is 2. The summed E-state index contributed by atoms with van der Waals surface area (Å²) >= 11 is 0. The highest BCUT2D eigenvalue weighted by atomic mass is 16.1. The fourth-order valence-corrected chi connectivity index (χ4v) is 6.57. The van der Waals surface area contributed by atoms with Crippen LogP contribution in [0.25, 0.3) is 0 Å². The molecular weight excluding hydrogens is 272 g/mol. The van der Waals surface area contributed by atoms with Crippen molar-refractivity contribution in [3.05, 3.63) is 11.6 Å². The molecule has 0 aromatic heterocycles. The van der Waals surface area contributed by atoms with Crippen molar-refractivity contribution in [1.82, 2.24) is 0 Å². The molecule has 0 saturated heterocycles. The summed E-state index contributed by atoms with van der Waals surface area (Å²) in [6, 6.07) is 0. The predicted molar refractivity (Wildman–Crippen MR) is 86.3 cm³/mol. The summed E-state index contributed by atoms with van der Waals surface area (Å²) in [6.07, 6.45) is 10.3. The van der Waals surface area contributed by atoms with E-state index in [4.69, 9.17) is 0 Å². The Morgan fingerprint density at radius 3 is 2.77 bits per heavy atom. The van der Waals surface area contributed by atoms with Gasteiger partial charge in [0, 0.05) is 18.3 Å². The number of allylic oxidation sites excluding steroid dienone is 1. The van der Waals surface area contributed by atoms with Crippen molar-refractivity contribution < 1.29 is 9.59 Å². The number of rotatable bonds is 1. The number of carbonyl (C=O) groups is 2. The number of hydrogen-bond donors (Lipinski definition) is 0. The van der Waals surface area contributed by atoms with Gasteiger partial charge >= 0.3 is 0 Å². The molecule has 0 aromatic rings. The van der Waals surface area contributed by atoms with Crippen LogP contribution in [0.15, 0.2) is 11.6 Å². The van der Waals surface area contributed by atoms with Crippen LogP contribution < -0.4 is 0 Å². The Bertz CT molecular complexity index is 546. The van der Waals surface area contributed by atoms with E-state index in [0.717, 1.165) is 50.4 Å². The first kappa shape index (κ1) is 14.7. The Hall–Kier alpha value is -0.920. The number of Topliss-reactive ketones (excluding diaryl/α,β-unsaturated/α-hetero) is 1. The molecule has 0 N–H and O–H groups in total. The molecule has 0 amide bonds. The quantitative estimate of drug-likeness (QED) is 0.722. The molecule has 0 radical (unpaired) electrons. The molecule has 3 saturated carbocycles. The summed E-state index contributed by atoms with van der Waals surface area (Å²) < 4.78 is 0. The van der Waals surface area contributed by atoms with Crippen LogP contribution in [0, 0.1) is 35.0 Å². The van der Waals surface area contributed by atoms with E-state index in [1.807, 2.05) is 6.08 Å². The van der Waals surface area contributed by atoms with Gasteiger partial charge in [-0.2, -0.15) is 0 Å². The highest BCUT2D eigenvalue weighted by Gasteiger charge is 2.58. The van der Waals surface area contributed by atoms with Crippen molar-refractivity contribution in [2.45, 2.75) is 65.2 Å². The molecule has 4 aliphatic carbocycles. The lowest BCUT2D eigenvalue weighted by Gasteiger charge is -2.55. The highest BCUT2D eigenvalue weighted by molar-refractivity contribution is 5.91. The first-order valence-corrected chi connectivity index (χ1v) is 9.31. The van der Waals surface area contributed by atoms with E-state index >= 15 is 0 Å². The van der Waals surface area contributed by atoms with E-state index in [-0.39, 0.29) is 5.41 Å². The summed E-state index contributed by atoms with van der Waals surface area (Å²) in [5.74, 6) is 4.29. The number of fused-ring (bicyclic) bond motifs is 5. The third-order valence-corrected chi connectivity index (χ3v) is 7.70. The molecule has 0 unspecified atom stereocenters. The average Bonchev–Trinajstić information content (AvgIpc) is 2.81. The van der Waals surface area contributed by atoms with Gasteiger partial charge in [-0.1, -0.05) is 25.8 Å². The van der Waals surface area contributed by atoms with E-state index in [1.54, 1.807) is 0 Å². The molecule has 0 bridgehead atoms. The minimum Gasteiger partial charge on any atom is -0.299 e. The van der Waals surface area contributed by atoms with E-state index in [0.29, 0.717) is 29.3 Å². The van der Waals surface area contributed by atoms with Crippen LogP contribution >= 0.6 is 0 Å². The normalized spacial score (nSPS) is 47.5. The molecule has 22 heavy (non-hydrogen) atoms. The lowest BCUT2D eigenvalue weighted by Crippen LogP contribution is -2.49. The van der Waals surface area contributed by atoms with Crippen LogP contribution in [0.4, 0.5) is 0 Å². The Balaban J connectivity index is 1.71. The molecule has 6 atom stereocenters. The zero-order valence-corrected chi connectivity index (χ0v) is 13.9. The molecule has 4 aliphatic rings. The van der Waals surface area contributed by atoms with E-state index in [9.17, 15) is 9.59 Å². The molecule has 0 spiro atoms. The van der Waals surface area contributed by atoms with Crippen LogP contribution in [0.3, 0.4) is 0 Å². The van der Waals surface area contributed by atoms with Crippen molar-refractivity contribution in [3.63, 3.8) is 0 Å². The summed E-state index contributed by atoms with van der Waals surface area (Å²) in [5.41, 5.74) is 1.43. The molecule has 120 valence electrons. The fraction of sp³-hybridized carbons (Fsp3) is 0.800. The van der Waals surface area contributed by atoms with Gasteiger partial charge in [0.1, 0.15) is 5.78 Å². The van der Waals surface area contributed by atoms with Crippen molar-refractivity contribution in [2.24, 2.45) is 35.0 Å². The van der Waals surface area contributed by atoms with Gasteiger partial charge in [-0.05, 0) is 67.8 Å². The van der Waals surface area contributed by atoms with Gasteiger partial charge in [0.05, 0.1) is 0 Å². The third-order valence-electron chi connectivity index (χ3n) is 7.70. The molecule has 2 heteroatoms. The lowest BCUT2D eigenvalue weighted by molar-refractivity contribution is -0.132. The standard InChI is InChI=1S/C20H28O2/c1-3-12-10-13-11-14(21)4-5-15(13)16-8-9-20(2)17(19(12)16)6-7-18(20)22/h11-12,15-17,19H,3-10H2,1-2H3/t12-,15-,16+,17-,19+,20-/m0/s1. The van der Waals surface area contributed by atoms with Crippen LogP contribution in [-0.4, -0.2) is 11.6 Å². The van der Waals surface area contributed by atoms with E-state index < -0.39 is 0 Å². The van der Waals surface area contributed by atoms with Crippen molar-refractivity contribution >= 4 is 11.6 Å². The fourth-order valence-electron chi connectivity index (χ4n) is 6.57. The van der Waals surface area contributed by atoms with Gasteiger partial charge < -0.3 is 0 Å². The average molecular weight is 300 g/mol. The zero-order chi connectivity index (χ0) is 15.5. The van der Waals surface area contributed by atoms with Gasteiger partial charge in [0.15, 0.2) is 5.78 Å². The van der Waals surface area contributed by atoms with Crippen LogP contribution in [0.5, 0.6) is 0 Å². The van der Waals surface area contributed by atoms with Crippen LogP contribution in [0.1, 0.15) is 65.2 Å². The van der Waals surface area contributed by atoms with Crippen LogP contribution in [-0.2, 0) is 9.59 Å². The summed E-state index contributed by atoms with van der Waals surface area (Å²) in [6.45, 7) is 4.56. The molecule has 0 aromatic carbocycles. The largest absolute Gasteiger partial charge is 0.299 e. The van der Waals surface area contributed by atoms with Gasteiger partial charge in [0.2, 0.25) is 0 Å². The molecular formula is C20H28O2. The summed E-state index contributed by atoms with van der Waals surface area (Å²) in [7, 11) is 0. The molecule has 4 rings (SSSR count). The second-order valence-corrected chi connectivity index (χ2v) is 8.47. The Kier molecular flexibility index (Phi) is 3.36. The smallest absolute Gasteiger partial charge is 0.155 e. The molecule has 3 fully saturated rings. The Morgan fingerprint density at radius 1 is 1.18 bits per heavy atom. The highest BCUT2D eigenvalue weighted by Crippen LogP contribution is 2.62. The van der Waals surface area contributed by atoms with Crippen molar-refractivity contribution in [2.75, 3.05) is 0 Å². The lowest BCUT2D eigenvalue weighted by atomic mass is 9.49. The van der Waals surface area contributed by atoms with Gasteiger partial charge in [-0.25, -0.2) is 0 Å². The molecule has 2 nitrogen and oxygen atoms in total. The second-order valence-electron chi connectivity index (χ2n) is 8.47. The first-order valence-electron chi connectivity index (χ1n) is 9.31. The van der Waals surface area contributed by atoms with E-state index in [2.05, 4.69) is 13.8 Å². The topological polar surface area (TPSA) is 34.1 Å². The Labute approximate surface area is 133 Å². The SMILES string of the molecule is CC[C@H]1CC2=CC(=O)CC[C@@H]2[C@H]2CC[C@]3(C)C(=O)CC[C@H]3[C@H]12. The van der Waals surface area contributed by atoms with Crippen LogP contribution in [0.2, 0.25) is 0 Å². The van der Waals surface area contributed by atoms with Gasteiger partial charge in [0.25, 0.3) is 0 Å². The monoisotopic (exact) mass is 300 g/mol. The minimum absolute atomic E-state index is 0.0275. The van der Waals surface area contributed by atoms with E-state index in [1.165, 1.54) is 18.4 Å². The third kappa shape index (κ3) is 1.91. The number of carbonyl (C=O) groups excluding carboxylic acids is 2. The zero-order valence-electron chi connectivity index (χ0n) is 13.9. The molecule has 0 heterocycles. The van der Waals surface area contributed by atoms with Gasteiger partial charge in [-0.3, -0.25) is 9.59 Å². The Morgan fingerprint density at radius 2 is 2.00 bits per heavy atom. The first-order chi connectivity index (χ1) is 10.5. The van der Waals surface area contributed by atoms with Crippen molar-refractivity contribution in [1.29, 1.82) is 0 Å². The summed E-state index contributed by atoms with van der Waals surface area (Å²) in [4.78, 5) is 24.3. The maximum atomic E-state index is 12.5. The minimum atomic E-state index is -0.0275. The van der Waals surface area contributed by atoms with Crippen molar-refractivity contribution in [3.8, 4) is 0 Å². The maximum absolute atomic E-state index is 12.5. The molecule has 0 aliphatic heterocycles. The predicted octanol–water partition coefficient (Wildman–Crippen LogP) is 4.33.